The lowest BCUT2D eigenvalue weighted by atomic mass is 10.0. The molecule has 0 aliphatic carbocycles. The lowest BCUT2D eigenvalue weighted by molar-refractivity contribution is -0.275. The molecular weight excluding hydrogens is 433 g/mol. The summed E-state index contributed by atoms with van der Waals surface area (Å²) < 4.78 is 58.3. The third kappa shape index (κ3) is 4.51. The number of carbonyl (C=O) groups excluding carboxylic acids is 2. The van der Waals surface area contributed by atoms with Gasteiger partial charge in [-0.2, -0.15) is 5.10 Å². The second kappa shape index (κ2) is 9.00. The van der Waals surface area contributed by atoms with Crippen LogP contribution in [0.5, 0.6) is 11.5 Å². The molecule has 0 spiro atoms. The Morgan fingerprint density at radius 2 is 1.56 bits per heavy atom. The average Bonchev–Trinajstić information content (AvgIpc) is 3.18. The molecule has 1 aromatic heterocycles. The molecule has 11 heteroatoms. The highest BCUT2D eigenvalue weighted by molar-refractivity contribution is 6.06. The van der Waals surface area contributed by atoms with Crippen LogP contribution < -0.4 is 9.47 Å². The molecule has 0 aliphatic heterocycles. The van der Waals surface area contributed by atoms with Gasteiger partial charge in [-0.05, 0) is 30.3 Å². The van der Waals surface area contributed by atoms with Crippen LogP contribution in [0.15, 0.2) is 48.5 Å². The van der Waals surface area contributed by atoms with Gasteiger partial charge in [-0.3, -0.25) is 0 Å². The number of hydrogen-bond acceptors (Lipinski definition) is 7. The van der Waals surface area contributed by atoms with E-state index in [4.69, 9.17) is 14.2 Å². The van der Waals surface area contributed by atoms with E-state index in [-0.39, 0.29) is 28.3 Å². The van der Waals surface area contributed by atoms with E-state index in [0.29, 0.717) is 5.69 Å². The smallest absolute Gasteiger partial charge is 0.493 e. The number of ether oxygens (including phenoxy) is 4. The van der Waals surface area contributed by atoms with Crippen LogP contribution in [0, 0.1) is 0 Å². The maximum absolute atomic E-state index is 12.9. The van der Waals surface area contributed by atoms with Gasteiger partial charge >= 0.3 is 18.3 Å². The number of alkyl halides is 3. The first-order chi connectivity index (χ1) is 15.2. The molecule has 1 heterocycles. The van der Waals surface area contributed by atoms with Crippen molar-refractivity contribution in [1.82, 2.24) is 9.78 Å². The molecule has 0 N–H and O–H groups in total. The van der Waals surface area contributed by atoms with E-state index in [9.17, 15) is 22.8 Å². The van der Waals surface area contributed by atoms with Crippen molar-refractivity contribution in [2.75, 3.05) is 21.3 Å². The number of carbonyl (C=O) groups is 2. The zero-order valence-corrected chi connectivity index (χ0v) is 17.1. The Hall–Kier alpha value is -4.02. The monoisotopic (exact) mass is 450 g/mol. The first-order valence-electron chi connectivity index (χ1n) is 8.99. The fourth-order valence-corrected chi connectivity index (χ4v) is 2.99. The highest BCUT2D eigenvalue weighted by Crippen LogP contribution is 2.37. The quantitative estimate of drug-likeness (QED) is 0.524. The van der Waals surface area contributed by atoms with Crippen LogP contribution in [0.2, 0.25) is 0 Å². The highest BCUT2D eigenvalue weighted by Gasteiger charge is 2.34. The van der Waals surface area contributed by atoms with Crippen molar-refractivity contribution in [3.05, 3.63) is 59.8 Å². The summed E-state index contributed by atoms with van der Waals surface area (Å²) in [6, 6.07) is 11.9. The highest BCUT2D eigenvalue weighted by atomic mass is 19.4. The number of rotatable bonds is 6. The van der Waals surface area contributed by atoms with Crippen molar-refractivity contribution < 1.29 is 41.7 Å². The SMILES string of the molecule is COC(=O)c1c(-c2ccc(OC)c(OC(F)(F)F)c2)nn(-c2ccccc2)c1C(=O)OC. The van der Waals surface area contributed by atoms with Crippen molar-refractivity contribution in [3.8, 4) is 28.4 Å². The predicted octanol–water partition coefficient (Wildman–Crippen LogP) is 4.02. The summed E-state index contributed by atoms with van der Waals surface area (Å²) >= 11 is 0. The van der Waals surface area contributed by atoms with Gasteiger partial charge in [0.15, 0.2) is 17.2 Å². The van der Waals surface area contributed by atoms with Crippen LogP contribution in [0.4, 0.5) is 13.2 Å². The fraction of sp³-hybridized carbons (Fsp3) is 0.190. The van der Waals surface area contributed by atoms with Gasteiger partial charge in [-0.25, -0.2) is 14.3 Å². The molecule has 0 saturated heterocycles. The standard InChI is InChI=1S/C21H17F3N2O6/c1-29-14-10-9-12(11-15(14)32-21(22,23)24)17-16(19(27)30-2)18(20(28)31-3)26(25-17)13-7-5-4-6-8-13/h4-11H,1-3H3. The predicted molar refractivity (Wildman–Crippen MR) is 105 cm³/mol. The summed E-state index contributed by atoms with van der Waals surface area (Å²) in [5.74, 6) is -2.67. The lowest BCUT2D eigenvalue weighted by Crippen LogP contribution is -2.17. The molecule has 0 radical (unpaired) electrons. The minimum atomic E-state index is -4.99. The zero-order valence-electron chi connectivity index (χ0n) is 17.1. The van der Waals surface area contributed by atoms with E-state index >= 15 is 0 Å². The van der Waals surface area contributed by atoms with Gasteiger partial charge in [0.1, 0.15) is 11.3 Å². The molecule has 0 amide bonds. The number of esters is 2. The summed E-state index contributed by atoms with van der Waals surface area (Å²) in [5, 5.41) is 4.32. The molecular formula is C21H17F3N2O6. The molecule has 32 heavy (non-hydrogen) atoms. The molecule has 0 aliphatic rings. The number of nitrogens with zero attached hydrogens (tertiary/aromatic N) is 2. The van der Waals surface area contributed by atoms with Gasteiger partial charge in [-0.1, -0.05) is 18.2 Å². The summed E-state index contributed by atoms with van der Waals surface area (Å²) in [6.07, 6.45) is -4.99. The van der Waals surface area contributed by atoms with Gasteiger partial charge in [0, 0.05) is 5.56 Å². The van der Waals surface area contributed by atoms with E-state index in [1.807, 2.05) is 0 Å². The third-order valence-corrected chi connectivity index (χ3v) is 4.32. The van der Waals surface area contributed by atoms with E-state index in [1.54, 1.807) is 30.3 Å². The molecule has 0 bridgehead atoms. The van der Waals surface area contributed by atoms with E-state index in [0.717, 1.165) is 25.0 Å². The van der Waals surface area contributed by atoms with Crippen LogP contribution in [-0.4, -0.2) is 49.4 Å². The Morgan fingerprint density at radius 3 is 2.12 bits per heavy atom. The Morgan fingerprint density at radius 1 is 0.906 bits per heavy atom. The second-order valence-electron chi connectivity index (χ2n) is 6.22. The zero-order chi connectivity index (χ0) is 23.5. The molecule has 3 rings (SSSR count). The lowest BCUT2D eigenvalue weighted by Gasteiger charge is -2.13. The van der Waals surface area contributed by atoms with Crippen molar-refractivity contribution in [1.29, 1.82) is 0 Å². The van der Waals surface area contributed by atoms with Gasteiger partial charge < -0.3 is 18.9 Å². The van der Waals surface area contributed by atoms with Gasteiger partial charge in [0.25, 0.3) is 0 Å². The number of aromatic nitrogens is 2. The third-order valence-electron chi connectivity index (χ3n) is 4.32. The van der Waals surface area contributed by atoms with Crippen LogP contribution in [0.3, 0.4) is 0 Å². The first kappa shape index (κ1) is 22.7. The van der Waals surface area contributed by atoms with Gasteiger partial charge in [0.05, 0.1) is 27.0 Å². The number of para-hydroxylation sites is 1. The minimum Gasteiger partial charge on any atom is -0.493 e. The molecule has 8 nitrogen and oxygen atoms in total. The molecule has 0 fully saturated rings. The normalized spacial score (nSPS) is 11.1. The van der Waals surface area contributed by atoms with Crippen LogP contribution in [0.25, 0.3) is 16.9 Å². The van der Waals surface area contributed by atoms with Crippen molar-refractivity contribution in [2.45, 2.75) is 6.36 Å². The summed E-state index contributed by atoms with van der Waals surface area (Å²) in [6.45, 7) is 0. The van der Waals surface area contributed by atoms with Crippen LogP contribution in [-0.2, 0) is 9.47 Å². The van der Waals surface area contributed by atoms with Crippen molar-refractivity contribution in [3.63, 3.8) is 0 Å². The summed E-state index contributed by atoms with van der Waals surface area (Å²) in [4.78, 5) is 25.2. The molecule has 2 aromatic carbocycles. The van der Waals surface area contributed by atoms with Crippen molar-refractivity contribution in [2.24, 2.45) is 0 Å². The Kier molecular flexibility index (Phi) is 6.37. The molecule has 0 unspecified atom stereocenters. The van der Waals surface area contributed by atoms with E-state index in [1.165, 1.54) is 19.2 Å². The van der Waals surface area contributed by atoms with Crippen LogP contribution >= 0.6 is 0 Å². The Labute approximate surface area is 180 Å². The van der Waals surface area contributed by atoms with E-state index < -0.39 is 24.1 Å². The maximum atomic E-state index is 12.9. The topological polar surface area (TPSA) is 88.9 Å². The number of halogens is 3. The molecule has 168 valence electrons. The Bertz CT molecular complexity index is 1140. The molecule has 0 atom stereocenters. The summed E-state index contributed by atoms with van der Waals surface area (Å²) in [5.41, 5.74) is -0.202. The second-order valence-corrected chi connectivity index (χ2v) is 6.22. The Balaban J connectivity index is 2.31. The van der Waals surface area contributed by atoms with Crippen molar-refractivity contribution >= 4 is 11.9 Å². The number of methoxy groups -OCH3 is 3. The largest absolute Gasteiger partial charge is 0.573 e. The minimum absolute atomic E-state index is 0.0466. The fourth-order valence-electron chi connectivity index (χ4n) is 2.99. The van der Waals surface area contributed by atoms with E-state index in [2.05, 4.69) is 9.84 Å². The molecule has 3 aromatic rings. The van der Waals surface area contributed by atoms with Gasteiger partial charge in [-0.15, -0.1) is 13.2 Å². The van der Waals surface area contributed by atoms with Gasteiger partial charge in [0.2, 0.25) is 0 Å². The summed E-state index contributed by atoms with van der Waals surface area (Å²) in [7, 11) is 3.39. The average molecular weight is 450 g/mol. The molecule has 0 saturated carbocycles. The maximum Gasteiger partial charge on any atom is 0.573 e. The first-order valence-corrected chi connectivity index (χ1v) is 8.99. The van der Waals surface area contributed by atoms with Crippen LogP contribution in [0.1, 0.15) is 20.8 Å². The number of hydrogen-bond donors (Lipinski definition) is 0. The number of benzene rings is 2.